The molecule has 0 unspecified atom stereocenters. The van der Waals surface area contributed by atoms with Crippen molar-refractivity contribution in [1.82, 2.24) is 0 Å². The molecule has 0 saturated carbocycles. The van der Waals surface area contributed by atoms with Gasteiger partial charge in [0.1, 0.15) is 6.54 Å². The quantitative estimate of drug-likeness (QED) is 0.0658. The van der Waals surface area contributed by atoms with E-state index in [0.29, 0.717) is 19.4 Å². The number of carbonyl (C=O) groups is 1. The van der Waals surface area contributed by atoms with E-state index in [1.807, 2.05) is 0 Å². The Morgan fingerprint density at radius 2 is 1.60 bits per heavy atom. The summed E-state index contributed by atoms with van der Waals surface area (Å²) in [4.78, 5) is 13.6. The number of hydrogen-bond acceptors (Lipinski definition) is 4. The van der Waals surface area contributed by atoms with Gasteiger partial charge in [0, 0.05) is 53.9 Å². The Morgan fingerprint density at radius 3 is 2.30 bits per heavy atom. The molecule has 7 nitrogen and oxygen atoms in total. The first-order chi connectivity index (χ1) is 25.0. The Hall–Kier alpha value is -4.27. The van der Waals surface area contributed by atoms with E-state index in [-0.39, 0.29) is 23.0 Å². The van der Waals surface area contributed by atoms with Gasteiger partial charge in [0.05, 0.1) is 11.2 Å². The van der Waals surface area contributed by atoms with Crippen LogP contribution in [-0.2, 0) is 32.2 Å². The van der Waals surface area contributed by atoms with Crippen LogP contribution in [0.4, 0.5) is 11.4 Å². The maximum atomic E-state index is 11.7. The molecular weight excluding hydrogens is 681 g/mol. The number of aryl methyl sites for hydroxylation is 3. The fourth-order valence-corrected chi connectivity index (χ4v) is 8.37. The zero-order chi connectivity index (χ0) is 38.6. The first kappa shape index (κ1) is 39.9. The van der Waals surface area contributed by atoms with Crippen molar-refractivity contribution in [3.63, 3.8) is 0 Å². The molecule has 0 spiro atoms. The first-order valence-electron chi connectivity index (χ1n) is 19.0. The predicted octanol–water partition coefficient (Wildman–Crippen LogP) is 9.88. The van der Waals surface area contributed by atoms with Gasteiger partial charge in [-0.1, -0.05) is 86.9 Å². The van der Waals surface area contributed by atoms with Gasteiger partial charge in [-0.25, -0.2) is 0 Å². The molecule has 0 fully saturated rings. The Morgan fingerprint density at radius 1 is 0.887 bits per heavy atom. The molecule has 0 aliphatic carbocycles. The van der Waals surface area contributed by atoms with Gasteiger partial charge in [-0.05, 0) is 99.9 Å². The minimum Gasteiger partial charge on any atom is -0.481 e. The van der Waals surface area contributed by atoms with E-state index in [0.717, 1.165) is 65.9 Å². The number of rotatable bonds is 16. The van der Waals surface area contributed by atoms with Crippen molar-refractivity contribution in [2.24, 2.45) is 0 Å². The van der Waals surface area contributed by atoms with E-state index in [1.54, 1.807) is 0 Å². The maximum Gasteiger partial charge on any atom is 0.303 e. The molecule has 0 bridgehead atoms. The molecule has 8 heteroatoms. The average Bonchev–Trinajstić information content (AvgIpc) is 3.42. The molecular formula is C45H57N2O5S+. The third-order valence-electron chi connectivity index (χ3n) is 10.8. The molecule has 53 heavy (non-hydrogen) atoms. The smallest absolute Gasteiger partial charge is 0.303 e. The molecule has 2 N–H and O–H groups in total. The number of hydrogen-bond donors (Lipinski definition) is 2. The van der Waals surface area contributed by atoms with Gasteiger partial charge >= 0.3 is 5.97 Å². The summed E-state index contributed by atoms with van der Waals surface area (Å²) in [5, 5.41) is 9.14. The van der Waals surface area contributed by atoms with Crippen molar-refractivity contribution in [3.8, 4) is 0 Å². The number of carboxylic acids is 1. The van der Waals surface area contributed by atoms with Crippen molar-refractivity contribution in [1.29, 1.82) is 0 Å². The molecule has 2 aliphatic heterocycles. The summed E-state index contributed by atoms with van der Waals surface area (Å²) in [6.07, 6.45) is 13.8. The SMILES string of the molecule is CCCCN1C(=CC=C(C=CC2=[N+](CCCS(=O)(=O)O)c3ccc(C)cc3C2(C)C)c2cccc(CCCCC(=O)O)c2)C(C)(C)c2cc(C)ccc21. The number of anilines is 1. The molecule has 0 amide bonds. The highest BCUT2D eigenvalue weighted by atomic mass is 32.2. The molecule has 282 valence electrons. The van der Waals surface area contributed by atoms with E-state index in [9.17, 15) is 17.8 Å². The first-order valence-corrected chi connectivity index (χ1v) is 20.7. The van der Waals surface area contributed by atoms with Gasteiger partial charge < -0.3 is 10.0 Å². The van der Waals surface area contributed by atoms with Crippen LogP contribution < -0.4 is 4.90 Å². The number of nitrogens with zero attached hydrogens (tertiary/aromatic N) is 2. The highest BCUT2D eigenvalue weighted by Gasteiger charge is 2.44. The molecule has 0 saturated heterocycles. The minimum atomic E-state index is -4.09. The number of allylic oxidation sites excluding steroid dienone is 6. The Balaban J connectivity index is 1.63. The average molecular weight is 738 g/mol. The molecule has 5 rings (SSSR count). The number of benzene rings is 3. The van der Waals surface area contributed by atoms with Crippen LogP contribution in [0.25, 0.3) is 5.57 Å². The van der Waals surface area contributed by atoms with E-state index >= 15 is 0 Å². The van der Waals surface area contributed by atoms with Crippen molar-refractivity contribution >= 4 is 38.7 Å². The Kier molecular flexibility index (Phi) is 12.4. The summed E-state index contributed by atoms with van der Waals surface area (Å²) in [6, 6.07) is 21.7. The predicted molar refractivity (Wildman–Crippen MR) is 218 cm³/mol. The fraction of sp³-hybridized carbons (Fsp3) is 0.422. The third kappa shape index (κ3) is 9.28. The zero-order valence-corrected chi connectivity index (χ0v) is 33.4. The summed E-state index contributed by atoms with van der Waals surface area (Å²) in [7, 11) is -4.09. The van der Waals surface area contributed by atoms with Crippen LogP contribution in [0.1, 0.15) is 107 Å². The van der Waals surface area contributed by atoms with Crippen molar-refractivity contribution < 1.29 is 27.4 Å². The molecule has 2 heterocycles. The lowest BCUT2D eigenvalue weighted by atomic mass is 9.80. The maximum absolute atomic E-state index is 11.7. The summed E-state index contributed by atoms with van der Waals surface area (Å²) in [5.41, 5.74) is 12.3. The number of unbranched alkanes of at least 4 members (excludes halogenated alkanes) is 2. The van der Waals surface area contributed by atoms with E-state index in [1.165, 1.54) is 28.1 Å². The lowest BCUT2D eigenvalue weighted by Gasteiger charge is -2.27. The summed E-state index contributed by atoms with van der Waals surface area (Å²) < 4.78 is 35.1. The Labute approximate surface area is 317 Å². The zero-order valence-electron chi connectivity index (χ0n) is 32.6. The van der Waals surface area contributed by atoms with Crippen LogP contribution in [0.3, 0.4) is 0 Å². The lowest BCUT2D eigenvalue weighted by molar-refractivity contribution is -0.437. The van der Waals surface area contributed by atoms with Crippen LogP contribution in [0.15, 0.2) is 90.7 Å². The number of aliphatic carboxylic acids is 1. The van der Waals surface area contributed by atoms with Gasteiger partial charge in [-0.3, -0.25) is 9.35 Å². The lowest BCUT2D eigenvalue weighted by Crippen LogP contribution is -2.28. The molecule has 0 atom stereocenters. The van der Waals surface area contributed by atoms with Gasteiger partial charge in [-0.15, -0.1) is 0 Å². The molecule has 0 aromatic heterocycles. The molecule has 3 aromatic rings. The van der Waals surface area contributed by atoms with Crippen molar-refractivity contribution in [3.05, 3.63) is 124 Å². The van der Waals surface area contributed by atoms with E-state index in [2.05, 4.69) is 143 Å². The van der Waals surface area contributed by atoms with Gasteiger partial charge in [0.25, 0.3) is 10.1 Å². The third-order valence-corrected chi connectivity index (χ3v) is 11.6. The van der Waals surface area contributed by atoms with Crippen LogP contribution in [-0.4, -0.2) is 53.2 Å². The highest BCUT2D eigenvalue weighted by Crippen LogP contribution is 2.48. The summed E-state index contributed by atoms with van der Waals surface area (Å²) in [6.45, 7) is 16.9. The van der Waals surface area contributed by atoms with Crippen LogP contribution in [0.5, 0.6) is 0 Å². The molecule has 0 radical (unpaired) electrons. The number of carboxylic acid groups (broad SMARTS) is 1. The van der Waals surface area contributed by atoms with Crippen LogP contribution in [0, 0.1) is 13.8 Å². The van der Waals surface area contributed by atoms with Gasteiger partial charge in [0.2, 0.25) is 5.69 Å². The topological polar surface area (TPSA) is 97.9 Å². The largest absolute Gasteiger partial charge is 0.481 e. The van der Waals surface area contributed by atoms with Crippen molar-refractivity contribution in [2.45, 2.75) is 104 Å². The van der Waals surface area contributed by atoms with Crippen LogP contribution in [0.2, 0.25) is 0 Å². The standard InChI is InChI=1S/C45H56N2O5S/c1-8-9-26-46-39-22-18-32(2)29-37(39)44(4,5)41(46)24-20-35(36-16-12-15-34(31-36)14-10-11-17-43(48)49)21-25-42-45(6,7)38-30-33(3)19-23-40(38)47(42)27-13-28-53(50,51)52/h12,15-16,18-25,29-31H,8-11,13-14,17,26-28H2,1-7H3,(H-,48,49,50,51,52)/p+1. The second kappa shape index (κ2) is 16.4. The van der Waals surface area contributed by atoms with Crippen LogP contribution >= 0.6 is 0 Å². The second-order valence-corrected chi connectivity index (χ2v) is 17.4. The summed E-state index contributed by atoms with van der Waals surface area (Å²) >= 11 is 0. The highest BCUT2D eigenvalue weighted by molar-refractivity contribution is 7.85. The molecule has 2 aliphatic rings. The van der Waals surface area contributed by atoms with E-state index in [4.69, 9.17) is 5.11 Å². The van der Waals surface area contributed by atoms with Gasteiger partial charge in [0.15, 0.2) is 5.71 Å². The van der Waals surface area contributed by atoms with Gasteiger partial charge in [-0.2, -0.15) is 13.0 Å². The minimum absolute atomic E-state index is 0.171. The van der Waals surface area contributed by atoms with E-state index < -0.39 is 16.1 Å². The monoisotopic (exact) mass is 737 g/mol. The molecule has 3 aromatic carbocycles. The fourth-order valence-electron chi connectivity index (χ4n) is 7.88. The van der Waals surface area contributed by atoms with Crippen molar-refractivity contribution in [2.75, 3.05) is 23.7 Å². The summed E-state index contributed by atoms with van der Waals surface area (Å²) in [5.74, 6) is -1.06. The Bertz CT molecular complexity index is 2080. The normalized spacial score (nSPS) is 17.2. The number of fused-ring (bicyclic) bond motifs is 2. The second-order valence-electron chi connectivity index (χ2n) is 15.8.